The first kappa shape index (κ1) is 18.3. The summed E-state index contributed by atoms with van der Waals surface area (Å²) in [4.78, 5) is 24.2. The third-order valence-electron chi connectivity index (χ3n) is 5.46. The number of methoxy groups -OCH3 is 1. The number of amides is 1. The molecule has 0 aliphatic carbocycles. The monoisotopic (exact) mass is 399 g/mol. The van der Waals surface area contributed by atoms with Gasteiger partial charge in [0.15, 0.2) is 5.65 Å². The molecule has 7 heteroatoms. The second kappa shape index (κ2) is 7.26. The van der Waals surface area contributed by atoms with E-state index in [1.165, 1.54) is 0 Å². The Kier molecular flexibility index (Phi) is 4.43. The maximum atomic E-state index is 13.0. The largest absolute Gasteiger partial charge is 0.497 e. The van der Waals surface area contributed by atoms with Gasteiger partial charge in [0, 0.05) is 66.7 Å². The first-order valence-electron chi connectivity index (χ1n) is 9.81. The summed E-state index contributed by atoms with van der Waals surface area (Å²) in [7, 11) is 3.50. The first-order chi connectivity index (χ1) is 14.6. The van der Waals surface area contributed by atoms with Gasteiger partial charge < -0.3 is 9.64 Å². The second-order valence-corrected chi connectivity index (χ2v) is 7.48. The van der Waals surface area contributed by atoms with Crippen LogP contribution in [0.2, 0.25) is 0 Å². The topological polar surface area (TPSA) is 73.1 Å². The molecule has 150 valence electrons. The third-order valence-corrected chi connectivity index (χ3v) is 5.46. The number of pyridine rings is 2. The van der Waals surface area contributed by atoms with E-state index in [2.05, 4.69) is 22.2 Å². The van der Waals surface area contributed by atoms with Crippen molar-refractivity contribution in [1.82, 2.24) is 24.6 Å². The van der Waals surface area contributed by atoms with Gasteiger partial charge in [-0.25, -0.2) is 9.97 Å². The molecule has 0 unspecified atom stereocenters. The summed E-state index contributed by atoms with van der Waals surface area (Å²) in [6, 6.07) is 11.5. The molecule has 5 rings (SSSR count). The molecule has 0 atom stereocenters. The molecule has 1 aliphatic rings. The van der Waals surface area contributed by atoms with E-state index in [4.69, 9.17) is 9.72 Å². The average molecular weight is 399 g/mol. The van der Waals surface area contributed by atoms with Crippen molar-refractivity contribution < 1.29 is 9.53 Å². The van der Waals surface area contributed by atoms with Crippen LogP contribution in [0.3, 0.4) is 0 Å². The summed E-state index contributed by atoms with van der Waals surface area (Å²) < 4.78 is 7.02. The Balaban J connectivity index is 1.46. The summed E-state index contributed by atoms with van der Waals surface area (Å²) in [5.41, 5.74) is 5.45. The molecule has 0 radical (unpaired) electrons. The van der Waals surface area contributed by atoms with Crippen LogP contribution in [0, 0.1) is 0 Å². The van der Waals surface area contributed by atoms with Gasteiger partial charge in [-0.05, 0) is 35.9 Å². The predicted molar refractivity (Wildman–Crippen MR) is 113 cm³/mol. The van der Waals surface area contributed by atoms with Crippen LogP contribution in [-0.4, -0.2) is 44.2 Å². The number of hydrogen-bond donors (Lipinski definition) is 0. The van der Waals surface area contributed by atoms with E-state index in [-0.39, 0.29) is 5.91 Å². The summed E-state index contributed by atoms with van der Waals surface area (Å²) in [5, 5.41) is 5.20. The van der Waals surface area contributed by atoms with Crippen LogP contribution in [0.25, 0.3) is 22.2 Å². The summed E-state index contributed by atoms with van der Waals surface area (Å²) >= 11 is 0. The molecule has 0 fully saturated rings. The van der Waals surface area contributed by atoms with Crippen LogP contribution in [-0.2, 0) is 20.0 Å². The van der Waals surface area contributed by atoms with E-state index in [1.54, 1.807) is 17.9 Å². The van der Waals surface area contributed by atoms with Crippen molar-refractivity contribution in [3.05, 3.63) is 71.8 Å². The molecule has 1 amide bonds. The number of carbonyl (C=O) groups excluding carboxylic acids is 1. The summed E-state index contributed by atoms with van der Waals surface area (Å²) in [5.74, 6) is 0.682. The van der Waals surface area contributed by atoms with Gasteiger partial charge in [-0.15, -0.1) is 0 Å². The van der Waals surface area contributed by atoms with E-state index in [0.29, 0.717) is 30.8 Å². The van der Waals surface area contributed by atoms with E-state index in [9.17, 15) is 4.79 Å². The molecule has 0 bridgehead atoms. The molecule has 4 heterocycles. The van der Waals surface area contributed by atoms with Crippen molar-refractivity contribution in [3.8, 4) is 16.9 Å². The smallest absolute Gasteiger partial charge is 0.254 e. The van der Waals surface area contributed by atoms with Crippen molar-refractivity contribution in [2.24, 2.45) is 7.05 Å². The Morgan fingerprint density at radius 1 is 1.13 bits per heavy atom. The highest BCUT2D eigenvalue weighted by atomic mass is 16.5. The second-order valence-electron chi connectivity index (χ2n) is 7.48. The number of rotatable bonds is 3. The first-order valence-corrected chi connectivity index (χ1v) is 9.81. The molecule has 1 aliphatic heterocycles. The van der Waals surface area contributed by atoms with Gasteiger partial charge in [0.05, 0.1) is 13.3 Å². The zero-order chi connectivity index (χ0) is 20.7. The van der Waals surface area contributed by atoms with Gasteiger partial charge in [-0.1, -0.05) is 6.07 Å². The molecule has 3 aromatic heterocycles. The molecule has 0 saturated heterocycles. The summed E-state index contributed by atoms with van der Waals surface area (Å²) in [6.45, 7) is 1.17. The van der Waals surface area contributed by atoms with Gasteiger partial charge in [0.25, 0.3) is 5.91 Å². The fourth-order valence-electron chi connectivity index (χ4n) is 3.86. The number of nitrogens with zero attached hydrogens (tertiary/aromatic N) is 5. The SMILES string of the molecule is COc1cccc(C(=O)N2CCc3nc4ncc(-c5cnn(C)c5)cc4cc3C2)c1. The Labute approximate surface area is 173 Å². The minimum atomic E-state index is 0.00174. The van der Waals surface area contributed by atoms with Crippen molar-refractivity contribution in [3.63, 3.8) is 0 Å². The Morgan fingerprint density at radius 2 is 2.03 bits per heavy atom. The number of benzene rings is 1. The standard InChI is InChI=1S/C23H21N5O2/c1-27-13-19(12-25-27)17-8-16-9-18-14-28(7-6-21(18)26-22(16)24-11-17)23(29)15-4-3-5-20(10-15)30-2/h3-5,8-13H,6-7,14H2,1-2H3. The maximum Gasteiger partial charge on any atom is 0.254 e. The quantitative estimate of drug-likeness (QED) is 0.529. The zero-order valence-electron chi connectivity index (χ0n) is 16.9. The van der Waals surface area contributed by atoms with Crippen LogP contribution in [0.4, 0.5) is 0 Å². The van der Waals surface area contributed by atoms with E-state index in [0.717, 1.165) is 33.4 Å². The third kappa shape index (κ3) is 3.28. The van der Waals surface area contributed by atoms with Crippen LogP contribution < -0.4 is 4.74 Å². The van der Waals surface area contributed by atoms with Crippen molar-refractivity contribution >= 4 is 16.9 Å². The highest BCUT2D eigenvalue weighted by Gasteiger charge is 2.23. The molecule has 1 aromatic carbocycles. The average Bonchev–Trinajstić information content (AvgIpc) is 3.22. The Bertz CT molecular complexity index is 1260. The molecule has 0 saturated carbocycles. The fourth-order valence-corrected chi connectivity index (χ4v) is 3.86. The number of ether oxygens (including phenoxy) is 1. The number of carbonyl (C=O) groups is 1. The number of fused-ring (bicyclic) bond motifs is 2. The van der Waals surface area contributed by atoms with Crippen LogP contribution >= 0.6 is 0 Å². The highest BCUT2D eigenvalue weighted by molar-refractivity contribution is 5.95. The lowest BCUT2D eigenvalue weighted by molar-refractivity contribution is 0.0733. The van der Waals surface area contributed by atoms with E-state index < -0.39 is 0 Å². The Morgan fingerprint density at radius 3 is 2.83 bits per heavy atom. The number of aromatic nitrogens is 4. The molecule has 0 N–H and O–H groups in total. The normalized spacial score (nSPS) is 13.3. The zero-order valence-corrected chi connectivity index (χ0v) is 16.9. The number of hydrogen-bond acceptors (Lipinski definition) is 5. The van der Waals surface area contributed by atoms with Crippen molar-refractivity contribution in [1.29, 1.82) is 0 Å². The molecule has 30 heavy (non-hydrogen) atoms. The minimum Gasteiger partial charge on any atom is -0.497 e. The molecule has 4 aromatic rings. The van der Waals surface area contributed by atoms with Crippen LogP contribution in [0.15, 0.2) is 55.0 Å². The number of aryl methyl sites for hydroxylation is 1. The minimum absolute atomic E-state index is 0.00174. The summed E-state index contributed by atoms with van der Waals surface area (Å²) in [6.07, 6.45) is 6.33. The van der Waals surface area contributed by atoms with E-state index >= 15 is 0 Å². The lowest BCUT2D eigenvalue weighted by Gasteiger charge is -2.28. The lowest BCUT2D eigenvalue weighted by Crippen LogP contribution is -2.36. The van der Waals surface area contributed by atoms with Crippen molar-refractivity contribution in [2.45, 2.75) is 13.0 Å². The van der Waals surface area contributed by atoms with E-state index in [1.807, 2.05) is 48.7 Å². The molecule has 7 nitrogen and oxygen atoms in total. The van der Waals surface area contributed by atoms with Crippen LogP contribution in [0.1, 0.15) is 21.6 Å². The molecule has 0 spiro atoms. The lowest BCUT2D eigenvalue weighted by atomic mass is 10.0. The van der Waals surface area contributed by atoms with Gasteiger partial charge in [0.2, 0.25) is 0 Å². The Hall–Kier alpha value is -3.74. The maximum absolute atomic E-state index is 13.0. The van der Waals surface area contributed by atoms with Gasteiger partial charge >= 0.3 is 0 Å². The fraction of sp³-hybridized carbons (Fsp3) is 0.217. The molecular weight excluding hydrogens is 378 g/mol. The van der Waals surface area contributed by atoms with Gasteiger partial charge in [0.1, 0.15) is 5.75 Å². The van der Waals surface area contributed by atoms with Gasteiger partial charge in [-0.2, -0.15) is 5.10 Å². The highest BCUT2D eigenvalue weighted by Crippen LogP contribution is 2.26. The van der Waals surface area contributed by atoms with Crippen LogP contribution in [0.5, 0.6) is 5.75 Å². The van der Waals surface area contributed by atoms with Crippen molar-refractivity contribution in [2.75, 3.05) is 13.7 Å². The van der Waals surface area contributed by atoms with Gasteiger partial charge in [-0.3, -0.25) is 9.48 Å². The molecular formula is C23H21N5O2. The predicted octanol–water partition coefficient (Wildman–Crippen LogP) is 3.24.